The van der Waals surface area contributed by atoms with E-state index < -0.39 is 0 Å². The van der Waals surface area contributed by atoms with Crippen LogP contribution in [0.2, 0.25) is 5.15 Å². The van der Waals surface area contributed by atoms with E-state index in [2.05, 4.69) is 34.6 Å². The van der Waals surface area contributed by atoms with Crippen LogP contribution in [0.4, 0.5) is 11.4 Å². The molecule has 0 saturated heterocycles. The molecule has 3 nitrogen and oxygen atoms in total. The van der Waals surface area contributed by atoms with Crippen molar-refractivity contribution in [1.82, 2.24) is 4.98 Å². The van der Waals surface area contributed by atoms with Gasteiger partial charge >= 0.3 is 0 Å². The Hall–Kier alpha value is -2.05. The van der Waals surface area contributed by atoms with E-state index in [0.717, 1.165) is 5.69 Å². The molecule has 1 fully saturated rings. The van der Waals surface area contributed by atoms with Gasteiger partial charge in [0, 0.05) is 11.9 Å². The normalized spacial score (nSPS) is 14.9. The van der Waals surface area contributed by atoms with Crippen molar-refractivity contribution in [3.8, 4) is 6.07 Å². The van der Waals surface area contributed by atoms with Gasteiger partial charge in [-0.1, -0.05) is 36.6 Å². The van der Waals surface area contributed by atoms with Gasteiger partial charge in [0.15, 0.2) is 0 Å². The molecule has 0 spiro atoms. The van der Waals surface area contributed by atoms with Crippen LogP contribution in [0, 0.1) is 11.3 Å². The summed E-state index contributed by atoms with van der Waals surface area (Å²) >= 11 is 5.96. The Morgan fingerprint density at radius 3 is 2.81 bits per heavy atom. The molecule has 1 aromatic carbocycles. The van der Waals surface area contributed by atoms with Gasteiger partial charge in [-0.2, -0.15) is 5.26 Å². The smallest absolute Gasteiger partial charge is 0.148 e. The number of benzene rings is 1. The third-order valence-corrected chi connectivity index (χ3v) is 4.30. The first-order valence-electron chi connectivity index (χ1n) is 7.19. The summed E-state index contributed by atoms with van der Waals surface area (Å²) in [7, 11) is 0. The Labute approximate surface area is 129 Å². The summed E-state index contributed by atoms with van der Waals surface area (Å²) < 4.78 is 0. The molecular formula is C17H16ClN3. The fourth-order valence-corrected chi connectivity index (χ4v) is 3.13. The number of nitrogens with one attached hydrogen (secondary N) is 1. The van der Waals surface area contributed by atoms with E-state index in [-0.39, 0.29) is 5.15 Å². The fraction of sp³-hybridized carbons (Fsp3) is 0.294. The third-order valence-electron chi connectivity index (χ3n) is 4.01. The van der Waals surface area contributed by atoms with E-state index in [9.17, 15) is 5.26 Å². The van der Waals surface area contributed by atoms with Gasteiger partial charge in [-0.05, 0) is 42.5 Å². The van der Waals surface area contributed by atoms with Crippen molar-refractivity contribution in [1.29, 1.82) is 5.26 Å². The van der Waals surface area contributed by atoms with Crippen LogP contribution in [0.15, 0.2) is 36.5 Å². The first-order chi connectivity index (χ1) is 10.3. The summed E-state index contributed by atoms with van der Waals surface area (Å²) in [5.41, 5.74) is 3.43. The highest BCUT2D eigenvalue weighted by atomic mass is 35.5. The maximum Gasteiger partial charge on any atom is 0.148 e. The van der Waals surface area contributed by atoms with Crippen molar-refractivity contribution in [2.45, 2.75) is 31.6 Å². The Balaban J connectivity index is 1.87. The van der Waals surface area contributed by atoms with Crippen molar-refractivity contribution < 1.29 is 0 Å². The molecule has 0 bridgehead atoms. The van der Waals surface area contributed by atoms with E-state index in [1.54, 1.807) is 12.3 Å². The number of hydrogen-bond acceptors (Lipinski definition) is 3. The topological polar surface area (TPSA) is 48.7 Å². The van der Waals surface area contributed by atoms with Gasteiger partial charge in [-0.25, -0.2) is 4.98 Å². The monoisotopic (exact) mass is 297 g/mol. The minimum Gasteiger partial charge on any atom is -0.354 e. The van der Waals surface area contributed by atoms with Gasteiger partial charge in [-0.3, -0.25) is 0 Å². The first-order valence-corrected chi connectivity index (χ1v) is 7.57. The first kappa shape index (κ1) is 13.9. The lowest BCUT2D eigenvalue weighted by atomic mass is 9.97. The Morgan fingerprint density at radius 1 is 1.24 bits per heavy atom. The van der Waals surface area contributed by atoms with E-state index in [4.69, 9.17) is 11.6 Å². The minimum atomic E-state index is 0.231. The lowest BCUT2D eigenvalue weighted by molar-refractivity contribution is 0.723. The second kappa shape index (κ2) is 6.15. The predicted molar refractivity (Wildman–Crippen MR) is 84.9 cm³/mol. The minimum absolute atomic E-state index is 0.231. The molecular weight excluding hydrogens is 282 g/mol. The van der Waals surface area contributed by atoms with Gasteiger partial charge in [-0.15, -0.1) is 0 Å². The molecule has 1 N–H and O–H groups in total. The van der Waals surface area contributed by atoms with E-state index in [1.807, 2.05) is 6.07 Å². The number of nitrogens with zero attached hydrogens (tertiary/aromatic N) is 2. The van der Waals surface area contributed by atoms with Gasteiger partial charge in [0.05, 0.1) is 5.69 Å². The molecule has 0 atom stereocenters. The Bertz CT molecular complexity index is 685. The lowest BCUT2D eigenvalue weighted by Crippen LogP contribution is -1.98. The molecule has 3 rings (SSSR count). The number of halogens is 1. The summed E-state index contributed by atoms with van der Waals surface area (Å²) in [6, 6.07) is 12.3. The molecule has 2 aromatic rings. The number of rotatable bonds is 3. The average molecular weight is 298 g/mol. The zero-order chi connectivity index (χ0) is 14.7. The summed E-state index contributed by atoms with van der Waals surface area (Å²) in [4.78, 5) is 3.94. The summed E-state index contributed by atoms with van der Waals surface area (Å²) in [5, 5.41) is 12.7. The van der Waals surface area contributed by atoms with E-state index in [1.165, 1.54) is 31.2 Å². The molecule has 106 valence electrons. The van der Waals surface area contributed by atoms with Crippen molar-refractivity contribution in [2.75, 3.05) is 5.32 Å². The molecule has 21 heavy (non-hydrogen) atoms. The van der Waals surface area contributed by atoms with Crippen LogP contribution in [0.1, 0.15) is 42.7 Å². The maximum atomic E-state index is 9.19. The lowest BCUT2D eigenvalue weighted by Gasteiger charge is -2.13. The quantitative estimate of drug-likeness (QED) is 0.810. The van der Waals surface area contributed by atoms with Gasteiger partial charge in [0.1, 0.15) is 16.8 Å². The Morgan fingerprint density at radius 2 is 2.05 bits per heavy atom. The molecule has 4 heteroatoms. The summed E-state index contributed by atoms with van der Waals surface area (Å²) in [6.45, 7) is 0. The van der Waals surface area contributed by atoms with Crippen LogP contribution in [0.5, 0.6) is 0 Å². The van der Waals surface area contributed by atoms with Gasteiger partial charge in [0.25, 0.3) is 0 Å². The molecule has 0 radical (unpaired) electrons. The predicted octanol–water partition coefficient (Wildman–Crippen LogP) is 5.01. The molecule has 0 amide bonds. The van der Waals surface area contributed by atoms with Crippen LogP contribution >= 0.6 is 11.6 Å². The fourth-order valence-electron chi connectivity index (χ4n) is 2.93. The standard InChI is InChI=1S/C17H16ClN3/c18-17-15(11-19)16(8-9-20-17)21-14-7-3-6-13(10-14)12-4-1-2-5-12/h3,6-10,12H,1-2,4-5H2,(H,20,21). The second-order valence-corrected chi connectivity index (χ2v) is 5.73. The molecule has 0 aliphatic heterocycles. The van der Waals surface area contributed by atoms with E-state index in [0.29, 0.717) is 17.2 Å². The van der Waals surface area contributed by atoms with Gasteiger partial charge in [0.2, 0.25) is 0 Å². The molecule has 1 aliphatic rings. The van der Waals surface area contributed by atoms with Crippen molar-refractivity contribution in [2.24, 2.45) is 0 Å². The number of anilines is 2. The van der Waals surface area contributed by atoms with Crippen molar-refractivity contribution in [3.63, 3.8) is 0 Å². The number of aromatic nitrogens is 1. The van der Waals surface area contributed by atoms with Crippen LogP contribution in [0.25, 0.3) is 0 Å². The molecule has 0 unspecified atom stereocenters. The summed E-state index contributed by atoms with van der Waals surface area (Å²) in [6.07, 6.45) is 6.79. The van der Waals surface area contributed by atoms with Gasteiger partial charge < -0.3 is 5.32 Å². The second-order valence-electron chi connectivity index (χ2n) is 5.37. The van der Waals surface area contributed by atoms with Crippen LogP contribution in [-0.2, 0) is 0 Å². The number of hydrogen-bond donors (Lipinski definition) is 1. The SMILES string of the molecule is N#Cc1c(Nc2cccc(C3CCCC3)c2)ccnc1Cl. The number of pyridine rings is 1. The molecule has 1 heterocycles. The van der Waals surface area contributed by atoms with Crippen molar-refractivity contribution in [3.05, 3.63) is 52.8 Å². The zero-order valence-corrected chi connectivity index (χ0v) is 12.4. The molecule has 1 saturated carbocycles. The van der Waals surface area contributed by atoms with E-state index >= 15 is 0 Å². The average Bonchev–Trinajstić information content (AvgIpc) is 3.02. The Kier molecular flexibility index (Phi) is 4.08. The van der Waals surface area contributed by atoms with Crippen molar-refractivity contribution >= 4 is 23.0 Å². The molecule has 1 aromatic heterocycles. The summed E-state index contributed by atoms with van der Waals surface area (Å²) in [5.74, 6) is 0.670. The highest BCUT2D eigenvalue weighted by Crippen LogP contribution is 2.35. The third kappa shape index (κ3) is 3.01. The largest absolute Gasteiger partial charge is 0.354 e. The van der Waals surface area contributed by atoms with Crippen LogP contribution in [-0.4, -0.2) is 4.98 Å². The maximum absolute atomic E-state index is 9.19. The molecule has 1 aliphatic carbocycles. The highest BCUT2D eigenvalue weighted by molar-refractivity contribution is 6.30. The van der Waals surface area contributed by atoms with Crippen LogP contribution < -0.4 is 5.32 Å². The van der Waals surface area contributed by atoms with Crippen LogP contribution in [0.3, 0.4) is 0 Å². The number of nitriles is 1. The zero-order valence-electron chi connectivity index (χ0n) is 11.6. The highest BCUT2D eigenvalue weighted by Gasteiger charge is 2.17.